The maximum Gasteiger partial charge on any atom is 0.204 e. The molecule has 3 heteroatoms. The fourth-order valence-electron chi connectivity index (χ4n) is 2.35. The summed E-state index contributed by atoms with van der Waals surface area (Å²) in [6.45, 7) is 0. The molecule has 0 N–H and O–H groups in total. The van der Waals surface area contributed by atoms with Crippen molar-refractivity contribution in [2.24, 2.45) is 0 Å². The monoisotopic (exact) mass is 268 g/mol. The third-order valence-electron chi connectivity index (χ3n) is 3.30. The molecule has 0 radical (unpaired) electrons. The van der Waals surface area contributed by atoms with Gasteiger partial charge in [0.15, 0.2) is 11.3 Å². The minimum absolute atomic E-state index is 0.643. The van der Waals surface area contributed by atoms with Crippen LogP contribution in [0.4, 0.5) is 0 Å². The summed E-state index contributed by atoms with van der Waals surface area (Å²) in [5.41, 5.74) is 1.95. The van der Waals surface area contributed by atoms with Crippen LogP contribution < -0.4 is 9.47 Å². The summed E-state index contributed by atoms with van der Waals surface area (Å²) in [4.78, 5) is 0. The Balaban J connectivity index is 2.02. The largest absolute Gasteiger partial charge is 0.493 e. The molecule has 20 heavy (non-hydrogen) atoms. The van der Waals surface area contributed by atoms with Crippen LogP contribution in [-0.2, 0) is 6.42 Å². The van der Waals surface area contributed by atoms with Crippen molar-refractivity contribution in [1.82, 2.24) is 0 Å². The van der Waals surface area contributed by atoms with Crippen molar-refractivity contribution in [2.75, 3.05) is 14.2 Å². The molecule has 0 saturated carbocycles. The first kappa shape index (κ1) is 12.6. The predicted molar refractivity (Wildman–Crippen MR) is 78.6 cm³/mol. The van der Waals surface area contributed by atoms with Gasteiger partial charge in [0.25, 0.3) is 0 Å². The molecular weight excluding hydrogens is 252 g/mol. The van der Waals surface area contributed by atoms with Crippen LogP contribution in [0.5, 0.6) is 11.5 Å². The van der Waals surface area contributed by atoms with E-state index in [0.717, 1.165) is 23.2 Å². The van der Waals surface area contributed by atoms with Crippen LogP contribution in [-0.4, -0.2) is 14.2 Å². The van der Waals surface area contributed by atoms with Gasteiger partial charge in [-0.25, -0.2) is 0 Å². The molecule has 3 nitrogen and oxygen atoms in total. The van der Waals surface area contributed by atoms with Gasteiger partial charge in [0.2, 0.25) is 5.75 Å². The van der Waals surface area contributed by atoms with Gasteiger partial charge in [-0.1, -0.05) is 30.3 Å². The molecule has 0 bridgehead atoms. The Bertz CT molecular complexity index is 714. The van der Waals surface area contributed by atoms with Gasteiger partial charge in [-0.2, -0.15) is 0 Å². The number of methoxy groups -OCH3 is 2. The van der Waals surface area contributed by atoms with E-state index < -0.39 is 0 Å². The molecule has 102 valence electrons. The molecule has 0 atom stereocenters. The van der Waals surface area contributed by atoms with Crippen LogP contribution in [0.15, 0.2) is 52.9 Å². The molecule has 2 aromatic carbocycles. The van der Waals surface area contributed by atoms with Crippen molar-refractivity contribution >= 4 is 11.0 Å². The second-order valence-corrected chi connectivity index (χ2v) is 4.59. The highest BCUT2D eigenvalue weighted by Gasteiger charge is 2.14. The minimum atomic E-state index is 0.643. The third-order valence-corrected chi connectivity index (χ3v) is 3.30. The molecule has 0 unspecified atom stereocenters. The highest BCUT2D eigenvalue weighted by molar-refractivity contribution is 5.86. The molecule has 0 saturated heterocycles. The Morgan fingerprint density at radius 3 is 2.45 bits per heavy atom. The van der Waals surface area contributed by atoms with Crippen LogP contribution in [0.3, 0.4) is 0 Å². The Labute approximate surface area is 117 Å². The van der Waals surface area contributed by atoms with E-state index in [0.29, 0.717) is 11.5 Å². The van der Waals surface area contributed by atoms with Crippen LogP contribution in [0.25, 0.3) is 11.0 Å². The van der Waals surface area contributed by atoms with E-state index in [1.54, 1.807) is 14.2 Å². The average Bonchev–Trinajstić information content (AvgIpc) is 2.89. The molecular formula is C17H16O3. The first-order chi connectivity index (χ1) is 9.81. The number of furan rings is 1. The van der Waals surface area contributed by atoms with E-state index in [4.69, 9.17) is 13.9 Å². The Kier molecular flexibility index (Phi) is 3.33. The molecule has 0 fully saturated rings. The van der Waals surface area contributed by atoms with Gasteiger partial charge in [0.05, 0.1) is 14.2 Å². The highest BCUT2D eigenvalue weighted by atomic mass is 16.5. The zero-order valence-electron chi connectivity index (χ0n) is 11.6. The van der Waals surface area contributed by atoms with Gasteiger partial charge in [-0.3, -0.25) is 0 Å². The van der Waals surface area contributed by atoms with Gasteiger partial charge in [0.1, 0.15) is 5.76 Å². The Hall–Kier alpha value is -2.42. The number of hydrogen-bond donors (Lipinski definition) is 0. The first-order valence-corrected chi connectivity index (χ1v) is 6.49. The van der Waals surface area contributed by atoms with Gasteiger partial charge in [0, 0.05) is 11.8 Å². The van der Waals surface area contributed by atoms with Crippen LogP contribution >= 0.6 is 0 Å². The molecule has 3 aromatic rings. The molecule has 0 spiro atoms. The fraction of sp³-hybridized carbons (Fsp3) is 0.176. The minimum Gasteiger partial charge on any atom is -0.493 e. The Morgan fingerprint density at radius 2 is 1.75 bits per heavy atom. The Morgan fingerprint density at radius 1 is 0.950 bits per heavy atom. The van der Waals surface area contributed by atoms with Crippen molar-refractivity contribution in [1.29, 1.82) is 0 Å². The number of ether oxygens (including phenoxy) is 2. The quantitative estimate of drug-likeness (QED) is 0.715. The maximum absolute atomic E-state index is 5.93. The van der Waals surface area contributed by atoms with Crippen LogP contribution in [0.1, 0.15) is 11.3 Å². The summed E-state index contributed by atoms with van der Waals surface area (Å²) in [6.07, 6.45) is 0.765. The number of rotatable bonds is 4. The fourth-order valence-corrected chi connectivity index (χ4v) is 2.35. The molecule has 0 aliphatic rings. The molecule has 0 aliphatic carbocycles. The highest BCUT2D eigenvalue weighted by Crippen LogP contribution is 2.37. The average molecular weight is 268 g/mol. The molecule has 0 amide bonds. The first-order valence-electron chi connectivity index (χ1n) is 6.49. The summed E-state index contributed by atoms with van der Waals surface area (Å²) in [7, 11) is 3.24. The van der Waals surface area contributed by atoms with Crippen molar-refractivity contribution in [3.05, 3.63) is 59.9 Å². The summed E-state index contributed by atoms with van der Waals surface area (Å²) >= 11 is 0. The van der Waals surface area contributed by atoms with Gasteiger partial charge in [-0.15, -0.1) is 0 Å². The van der Waals surface area contributed by atoms with Crippen molar-refractivity contribution < 1.29 is 13.9 Å². The summed E-state index contributed by atoms with van der Waals surface area (Å²) in [6, 6.07) is 16.2. The second kappa shape index (κ2) is 5.29. The van der Waals surface area contributed by atoms with Crippen molar-refractivity contribution in [3.8, 4) is 11.5 Å². The smallest absolute Gasteiger partial charge is 0.204 e. The van der Waals surface area contributed by atoms with Gasteiger partial charge < -0.3 is 13.9 Å². The second-order valence-electron chi connectivity index (χ2n) is 4.59. The zero-order valence-corrected chi connectivity index (χ0v) is 11.6. The van der Waals surface area contributed by atoms with Crippen LogP contribution in [0.2, 0.25) is 0 Å². The maximum atomic E-state index is 5.93. The van der Waals surface area contributed by atoms with E-state index in [-0.39, 0.29) is 0 Å². The lowest BCUT2D eigenvalue weighted by Gasteiger charge is -2.06. The summed E-state index contributed by atoms with van der Waals surface area (Å²) < 4.78 is 16.6. The molecule has 1 aromatic heterocycles. The van der Waals surface area contributed by atoms with E-state index >= 15 is 0 Å². The number of fused-ring (bicyclic) bond motifs is 1. The number of benzene rings is 2. The lowest BCUT2D eigenvalue weighted by molar-refractivity contribution is 0.352. The van der Waals surface area contributed by atoms with Crippen molar-refractivity contribution in [3.63, 3.8) is 0 Å². The molecule has 1 heterocycles. The molecule has 0 aliphatic heterocycles. The summed E-state index contributed by atoms with van der Waals surface area (Å²) in [5, 5.41) is 1.02. The SMILES string of the molecule is COc1ccc2cc(Cc3ccccc3)oc2c1OC. The topological polar surface area (TPSA) is 31.6 Å². The standard InChI is InChI=1S/C17H16O3/c1-18-15-9-8-13-11-14(20-16(13)17(15)19-2)10-12-6-4-3-5-7-12/h3-9,11H,10H2,1-2H3. The lowest BCUT2D eigenvalue weighted by Crippen LogP contribution is -1.89. The van der Waals surface area contributed by atoms with Crippen LogP contribution in [0, 0.1) is 0 Å². The van der Waals surface area contributed by atoms with Gasteiger partial charge >= 0.3 is 0 Å². The lowest BCUT2D eigenvalue weighted by atomic mass is 10.1. The normalized spacial score (nSPS) is 10.7. The predicted octanol–water partition coefficient (Wildman–Crippen LogP) is 4.04. The van der Waals surface area contributed by atoms with E-state index in [2.05, 4.69) is 12.1 Å². The third kappa shape index (κ3) is 2.23. The van der Waals surface area contributed by atoms with Gasteiger partial charge in [-0.05, 0) is 23.8 Å². The van der Waals surface area contributed by atoms with E-state index in [9.17, 15) is 0 Å². The van der Waals surface area contributed by atoms with E-state index in [1.807, 2.05) is 36.4 Å². The molecule has 3 rings (SSSR count). The van der Waals surface area contributed by atoms with Crippen molar-refractivity contribution in [2.45, 2.75) is 6.42 Å². The van der Waals surface area contributed by atoms with E-state index in [1.165, 1.54) is 5.56 Å². The zero-order chi connectivity index (χ0) is 13.9. The number of hydrogen-bond acceptors (Lipinski definition) is 3. The summed E-state index contributed by atoms with van der Waals surface area (Å²) in [5.74, 6) is 2.24.